The minimum absolute atomic E-state index is 0. The Balaban J connectivity index is 0.00000196. The third-order valence-electron chi connectivity index (χ3n) is 4.38. The van der Waals surface area contributed by atoms with Crippen LogP contribution in [0.5, 0.6) is 0 Å². The first-order chi connectivity index (χ1) is 12.7. The number of hydrogen-bond donors (Lipinski definition) is 2. The lowest BCUT2D eigenvalue weighted by Crippen LogP contribution is -2.46. The smallest absolute Gasteiger partial charge is 0.228 e. The van der Waals surface area contributed by atoms with Crippen molar-refractivity contribution < 1.29 is 9.59 Å². The fourth-order valence-corrected chi connectivity index (χ4v) is 3.84. The zero-order chi connectivity index (χ0) is 18.4. The van der Waals surface area contributed by atoms with Crippen LogP contribution in [0.4, 0.5) is 0 Å². The summed E-state index contributed by atoms with van der Waals surface area (Å²) in [7, 11) is 0. The average molecular weight is 446 g/mol. The third-order valence-corrected chi connectivity index (χ3v) is 5.32. The third kappa shape index (κ3) is 6.41. The van der Waals surface area contributed by atoms with Gasteiger partial charge in [0, 0.05) is 49.5 Å². The van der Waals surface area contributed by atoms with Gasteiger partial charge in [-0.25, -0.2) is 4.98 Å². The molecule has 2 aromatic rings. The number of hydrogen-bond acceptors (Lipinski definition) is 6. The lowest BCUT2D eigenvalue weighted by atomic mass is 9.96. The molecule has 2 amide bonds. The van der Waals surface area contributed by atoms with Crippen molar-refractivity contribution in [1.82, 2.24) is 20.2 Å². The van der Waals surface area contributed by atoms with E-state index in [-0.39, 0.29) is 49.0 Å². The number of rotatable bonds is 6. The quantitative estimate of drug-likeness (QED) is 0.706. The Hall–Kier alpha value is -1.74. The first-order valence-electron chi connectivity index (χ1n) is 8.77. The Kier molecular flexibility index (Phi) is 10.4. The molecule has 28 heavy (non-hydrogen) atoms. The number of pyridine rings is 1. The summed E-state index contributed by atoms with van der Waals surface area (Å²) in [4.78, 5) is 35.2. The standard InChI is InChI=1S/C18H23N5O2S.2ClH/c19-5-7-21-17(25)14-4-2-8-23(11-14)16(24)9-15-12-26-18(22-15)13-3-1-6-20-10-13;;/h1,3,6,10,12,14H,2,4-5,7-9,11,19H2,(H,21,25);2*1H. The van der Waals surface area contributed by atoms with Crippen molar-refractivity contribution >= 4 is 48.0 Å². The van der Waals surface area contributed by atoms with Crippen LogP contribution in [-0.4, -0.2) is 52.9 Å². The molecule has 7 nitrogen and oxygen atoms in total. The number of thiazole rings is 1. The molecule has 1 aliphatic heterocycles. The lowest BCUT2D eigenvalue weighted by Gasteiger charge is -2.32. The van der Waals surface area contributed by atoms with Gasteiger partial charge in [-0.15, -0.1) is 36.2 Å². The number of amides is 2. The number of aromatic nitrogens is 2. The van der Waals surface area contributed by atoms with E-state index in [9.17, 15) is 9.59 Å². The lowest BCUT2D eigenvalue weighted by molar-refractivity contribution is -0.135. The maximum Gasteiger partial charge on any atom is 0.228 e. The van der Waals surface area contributed by atoms with E-state index >= 15 is 0 Å². The van der Waals surface area contributed by atoms with Crippen molar-refractivity contribution in [2.24, 2.45) is 11.7 Å². The number of carbonyl (C=O) groups is 2. The van der Waals surface area contributed by atoms with Crippen LogP contribution in [0.1, 0.15) is 18.5 Å². The molecular formula is C18H25Cl2N5O2S. The van der Waals surface area contributed by atoms with Crippen LogP contribution < -0.4 is 11.1 Å². The molecule has 1 atom stereocenters. The molecule has 3 rings (SSSR count). The molecular weight excluding hydrogens is 421 g/mol. The number of carbonyl (C=O) groups excluding carboxylic acids is 2. The van der Waals surface area contributed by atoms with E-state index in [0.29, 0.717) is 26.2 Å². The van der Waals surface area contributed by atoms with Crippen molar-refractivity contribution in [2.45, 2.75) is 19.3 Å². The molecule has 0 aliphatic carbocycles. The second kappa shape index (κ2) is 12.0. The van der Waals surface area contributed by atoms with Gasteiger partial charge >= 0.3 is 0 Å². The number of nitrogens with two attached hydrogens (primary N) is 1. The summed E-state index contributed by atoms with van der Waals surface area (Å²) in [5.41, 5.74) is 7.13. The van der Waals surface area contributed by atoms with Crippen LogP contribution in [0.3, 0.4) is 0 Å². The van der Waals surface area contributed by atoms with Crippen LogP contribution in [-0.2, 0) is 16.0 Å². The zero-order valence-corrected chi connectivity index (χ0v) is 17.8. The van der Waals surface area contributed by atoms with Crippen LogP contribution in [0.15, 0.2) is 29.9 Å². The van der Waals surface area contributed by atoms with E-state index in [2.05, 4.69) is 15.3 Å². The van der Waals surface area contributed by atoms with E-state index in [1.807, 2.05) is 17.5 Å². The summed E-state index contributed by atoms with van der Waals surface area (Å²) in [5, 5.41) is 5.59. The molecule has 1 saturated heterocycles. The van der Waals surface area contributed by atoms with Gasteiger partial charge in [0.05, 0.1) is 18.0 Å². The molecule has 10 heteroatoms. The van der Waals surface area contributed by atoms with Crippen molar-refractivity contribution in [3.63, 3.8) is 0 Å². The van der Waals surface area contributed by atoms with Crippen molar-refractivity contribution in [2.75, 3.05) is 26.2 Å². The van der Waals surface area contributed by atoms with Gasteiger partial charge in [-0.05, 0) is 25.0 Å². The highest BCUT2D eigenvalue weighted by atomic mass is 35.5. The highest BCUT2D eigenvalue weighted by Gasteiger charge is 2.28. The van der Waals surface area contributed by atoms with Crippen LogP contribution in [0, 0.1) is 5.92 Å². The molecule has 0 radical (unpaired) electrons. The number of halogens is 2. The van der Waals surface area contributed by atoms with E-state index in [0.717, 1.165) is 29.1 Å². The number of nitrogens with one attached hydrogen (secondary N) is 1. The average Bonchev–Trinajstić information content (AvgIpc) is 3.15. The fraction of sp³-hybridized carbons (Fsp3) is 0.444. The molecule has 0 saturated carbocycles. The molecule has 0 spiro atoms. The van der Waals surface area contributed by atoms with Gasteiger partial charge in [-0.3, -0.25) is 14.6 Å². The molecule has 1 aliphatic rings. The summed E-state index contributed by atoms with van der Waals surface area (Å²) < 4.78 is 0. The Morgan fingerprint density at radius 1 is 1.36 bits per heavy atom. The molecule has 1 fully saturated rings. The first kappa shape index (κ1) is 24.3. The van der Waals surface area contributed by atoms with E-state index in [1.165, 1.54) is 11.3 Å². The summed E-state index contributed by atoms with van der Waals surface area (Å²) >= 11 is 1.51. The van der Waals surface area contributed by atoms with E-state index in [4.69, 9.17) is 5.73 Å². The van der Waals surface area contributed by atoms with Crippen LogP contribution in [0.25, 0.3) is 10.6 Å². The maximum atomic E-state index is 12.6. The number of piperidine rings is 1. The zero-order valence-electron chi connectivity index (χ0n) is 15.4. The molecule has 0 bridgehead atoms. The fourth-order valence-electron chi connectivity index (χ4n) is 3.03. The van der Waals surface area contributed by atoms with Gasteiger partial charge in [-0.1, -0.05) is 0 Å². The highest BCUT2D eigenvalue weighted by molar-refractivity contribution is 7.13. The van der Waals surface area contributed by atoms with E-state index < -0.39 is 0 Å². The monoisotopic (exact) mass is 445 g/mol. The van der Waals surface area contributed by atoms with Gasteiger partial charge in [0.15, 0.2) is 0 Å². The Bertz CT molecular complexity index is 759. The van der Waals surface area contributed by atoms with E-state index in [1.54, 1.807) is 17.3 Å². The predicted molar refractivity (Wildman–Crippen MR) is 115 cm³/mol. The first-order valence-corrected chi connectivity index (χ1v) is 9.65. The SMILES string of the molecule is Cl.Cl.NCCNC(=O)C1CCCN(C(=O)Cc2csc(-c3cccnc3)n2)C1. The van der Waals surface area contributed by atoms with Crippen molar-refractivity contribution in [3.05, 3.63) is 35.6 Å². The van der Waals surface area contributed by atoms with Gasteiger partial charge in [-0.2, -0.15) is 0 Å². The van der Waals surface area contributed by atoms with Gasteiger partial charge in [0.2, 0.25) is 11.8 Å². The Labute approximate surface area is 180 Å². The minimum Gasteiger partial charge on any atom is -0.355 e. The van der Waals surface area contributed by atoms with Crippen molar-refractivity contribution in [3.8, 4) is 10.6 Å². The number of likely N-dealkylation sites (tertiary alicyclic amines) is 1. The minimum atomic E-state index is -0.152. The number of nitrogens with zero attached hydrogens (tertiary/aromatic N) is 3. The molecule has 3 N–H and O–H groups in total. The van der Waals surface area contributed by atoms with Gasteiger partial charge in [0.1, 0.15) is 5.01 Å². The summed E-state index contributed by atoms with van der Waals surface area (Å²) in [6, 6.07) is 3.82. The molecule has 154 valence electrons. The Morgan fingerprint density at radius 3 is 2.89 bits per heavy atom. The summed E-state index contributed by atoms with van der Waals surface area (Å²) in [6.45, 7) is 2.05. The predicted octanol–water partition coefficient (Wildman–Crippen LogP) is 1.90. The van der Waals surface area contributed by atoms with Gasteiger partial charge < -0.3 is 16.0 Å². The molecule has 1 unspecified atom stereocenters. The Morgan fingerprint density at radius 2 is 2.18 bits per heavy atom. The summed E-state index contributed by atoms with van der Waals surface area (Å²) in [5.74, 6) is -0.148. The maximum absolute atomic E-state index is 12.6. The normalized spacial score (nSPS) is 15.9. The largest absolute Gasteiger partial charge is 0.355 e. The highest BCUT2D eigenvalue weighted by Crippen LogP contribution is 2.24. The second-order valence-corrected chi connectivity index (χ2v) is 7.18. The molecule has 3 heterocycles. The molecule has 0 aromatic carbocycles. The summed E-state index contributed by atoms with van der Waals surface area (Å²) in [6.07, 6.45) is 5.39. The van der Waals surface area contributed by atoms with Gasteiger partial charge in [0.25, 0.3) is 0 Å². The molecule has 2 aromatic heterocycles. The van der Waals surface area contributed by atoms with Crippen molar-refractivity contribution in [1.29, 1.82) is 0 Å². The van der Waals surface area contributed by atoms with Crippen LogP contribution >= 0.6 is 36.2 Å². The topological polar surface area (TPSA) is 101 Å². The second-order valence-electron chi connectivity index (χ2n) is 6.32. The van der Waals surface area contributed by atoms with Crippen LogP contribution in [0.2, 0.25) is 0 Å².